The number of carbonyl (C=O) groups is 2. The molecule has 0 aromatic rings. The van der Waals surface area contributed by atoms with Gasteiger partial charge in [0.05, 0.1) is 0 Å². The van der Waals surface area contributed by atoms with Gasteiger partial charge < -0.3 is 10.4 Å². The van der Waals surface area contributed by atoms with Crippen LogP contribution in [0.5, 0.6) is 0 Å². The average Bonchev–Trinajstić information content (AvgIpc) is 2.42. The molecule has 140 valence electrons. The number of halogens is 3. The van der Waals surface area contributed by atoms with Crippen LogP contribution >= 0.6 is 0 Å². The molecular formula is C16H27F3N2O3. The lowest BCUT2D eigenvalue weighted by Crippen LogP contribution is -2.58. The third-order valence-corrected chi connectivity index (χ3v) is 4.29. The van der Waals surface area contributed by atoms with Gasteiger partial charge in [-0.15, -0.1) is 0 Å². The maximum atomic E-state index is 12.4. The summed E-state index contributed by atoms with van der Waals surface area (Å²) in [5.41, 5.74) is -0.888. The van der Waals surface area contributed by atoms with Gasteiger partial charge in [-0.05, 0) is 33.1 Å². The first kappa shape index (κ1) is 20.6. The van der Waals surface area contributed by atoms with E-state index in [2.05, 4.69) is 0 Å². The van der Waals surface area contributed by atoms with E-state index >= 15 is 0 Å². The monoisotopic (exact) mass is 352 g/mol. The molecular weight excluding hydrogens is 325 g/mol. The summed E-state index contributed by atoms with van der Waals surface area (Å²) in [5, 5.41) is 11.4. The second-order valence-corrected chi connectivity index (χ2v) is 7.41. The molecule has 24 heavy (non-hydrogen) atoms. The predicted molar refractivity (Wildman–Crippen MR) is 83.7 cm³/mol. The van der Waals surface area contributed by atoms with E-state index in [-0.39, 0.29) is 12.3 Å². The Morgan fingerprint density at radius 2 is 1.71 bits per heavy atom. The maximum absolute atomic E-state index is 12.4. The first-order valence-corrected chi connectivity index (χ1v) is 8.28. The molecule has 2 amide bonds. The maximum Gasteiger partial charge on any atom is 0.408 e. The van der Waals surface area contributed by atoms with E-state index in [0.717, 1.165) is 37.0 Å². The summed E-state index contributed by atoms with van der Waals surface area (Å²) >= 11 is 0. The smallest absolute Gasteiger partial charge is 0.408 e. The van der Waals surface area contributed by atoms with Gasteiger partial charge in [-0.25, -0.2) is 4.79 Å². The van der Waals surface area contributed by atoms with Crippen LogP contribution < -0.4 is 5.32 Å². The van der Waals surface area contributed by atoms with Crippen molar-refractivity contribution in [1.82, 2.24) is 10.2 Å². The number of carbonyl (C=O) groups excluding carboxylic acids is 1. The van der Waals surface area contributed by atoms with Crippen molar-refractivity contribution in [1.29, 1.82) is 0 Å². The molecule has 0 heterocycles. The fourth-order valence-electron chi connectivity index (χ4n) is 3.26. The topological polar surface area (TPSA) is 69.6 Å². The Kier molecular flexibility index (Phi) is 6.92. The van der Waals surface area contributed by atoms with Gasteiger partial charge in [0.15, 0.2) is 0 Å². The van der Waals surface area contributed by atoms with Crippen molar-refractivity contribution in [3.63, 3.8) is 0 Å². The zero-order valence-electron chi connectivity index (χ0n) is 14.4. The van der Waals surface area contributed by atoms with Gasteiger partial charge in [0, 0.05) is 5.54 Å². The second kappa shape index (κ2) is 8.07. The van der Waals surface area contributed by atoms with Crippen molar-refractivity contribution in [3.8, 4) is 0 Å². The molecule has 1 aliphatic rings. The highest BCUT2D eigenvalue weighted by atomic mass is 19.4. The van der Waals surface area contributed by atoms with Crippen molar-refractivity contribution >= 4 is 12.0 Å². The third kappa shape index (κ3) is 6.57. The molecule has 8 heteroatoms. The molecule has 0 saturated heterocycles. The SMILES string of the molecule is CC(C)(C)N(C(=O)O)[C@@H](CC1CCCCC1)C(=O)NCC(F)(F)F. The van der Waals surface area contributed by atoms with Crippen molar-refractivity contribution in [2.24, 2.45) is 5.92 Å². The molecule has 1 fully saturated rings. The Hall–Kier alpha value is -1.47. The van der Waals surface area contributed by atoms with Gasteiger partial charge in [0.2, 0.25) is 5.91 Å². The van der Waals surface area contributed by atoms with Crippen LogP contribution in [0.2, 0.25) is 0 Å². The molecule has 0 aliphatic heterocycles. The van der Waals surface area contributed by atoms with Gasteiger partial charge in [-0.1, -0.05) is 32.1 Å². The fourth-order valence-corrected chi connectivity index (χ4v) is 3.26. The van der Waals surface area contributed by atoms with Crippen LogP contribution in [0.4, 0.5) is 18.0 Å². The quantitative estimate of drug-likeness (QED) is 0.791. The van der Waals surface area contributed by atoms with Gasteiger partial charge in [0.25, 0.3) is 0 Å². The largest absolute Gasteiger partial charge is 0.465 e. The van der Waals surface area contributed by atoms with Crippen molar-refractivity contribution < 1.29 is 27.9 Å². The molecule has 1 rings (SSSR count). The summed E-state index contributed by atoms with van der Waals surface area (Å²) in [4.78, 5) is 25.0. The minimum absolute atomic E-state index is 0.157. The summed E-state index contributed by atoms with van der Waals surface area (Å²) in [6.07, 6.45) is -0.710. The standard InChI is InChI=1S/C16H27F3N2O3/c1-15(2,3)21(14(23)24)12(9-11-7-5-4-6-8-11)13(22)20-10-16(17,18)19/h11-12H,4-10H2,1-3H3,(H,20,22)(H,23,24)/t12-/m0/s1. The normalized spacial score (nSPS) is 18.1. The third-order valence-electron chi connectivity index (χ3n) is 4.29. The second-order valence-electron chi connectivity index (χ2n) is 7.41. The van der Waals surface area contributed by atoms with Crippen molar-refractivity contribution in [2.45, 2.75) is 77.1 Å². The van der Waals surface area contributed by atoms with E-state index in [1.165, 1.54) is 0 Å². The Bertz CT molecular complexity index is 441. The Balaban J connectivity index is 2.95. The lowest BCUT2D eigenvalue weighted by atomic mass is 9.83. The molecule has 0 spiro atoms. The van der Waals surface area contributed by atoms with Crippen LogP contribution in [-0.4, -0.2) is 46.3 Å². The molecule has 0 aromatic carbocycles. The van der Waals surface area contributed by atoms with Crippen molar-refractivity contribution in [3.05, 3.63) is 0 Å². The minimum Gasteiger partial charge on any atom is -0.465 e. The van der Waals surface area contributed by atoms with Crippen LogP contribution in [0.25, 0.3) is 0 Å². The number of nitrogens with zero attached hydrogens (tertiary/aromatic N) is 1. The van der Waals surface area contributed by atoms with Crippen LogP contribution in [-0.2, 0) is 4.79 Å². The zero-order valence-corrected chi connectivity index (χ0v) is 14.4. The number of alkyl halides is 3. The molecule has 0 aromatic heterocycles. The predicted octanol–water partition coefficient (Wildman–Crippen LogP) is 3.78. The highest BCUT2D eigenvalue weighted by molar-refractivity contribution is 5.85. The first-order valence-electron chi connectivity index (χ1n) is 8.28. The summed E-state index contributed by atoms with van der Waals surface area (Å²) in [6.45, 7) is 3.44. The molecule has 0 unspecified atom stereocenters. The Morgan fingerprint density at radius 1 is 1.17 bits per heavy atom. The molecule has 1 atom stereocenters. The van der Waals surface area contributed by atoms with Gasteiger partial charge >= 0.3 is 12.3 Å². The number of hydrogen-bond acceptors (Lipinski definition) is 2. The fraction of sp³-hybridized carbons (Fsp3) is 0.875. The number of carboxylic acid groups (broad SMARTS) is 1. The first-order chi connectivity index (χ1) is 10.9. The van der Waals surface area contributed by atoms with Gasteiger partial charge in [-0.3, -0.25) is 9.69 Å². The van der Waals surface area contributed by atoms with E-state index in [1.807, 2.05) is 5.32 Å². The van der Waals surface area contributed by atoms with E-state index < -0.39 is 36.3 Å². The number of nitrogens with one attached hydrogen (secondary N) is 1. The highest BCUT2D eigenvalue weighted by Crippen LogP contribution is 2.31. The zero-order chi connectivity index (χ0) is 18.5. The summed E-state index contributed by atoms with van der Waals surface area (Å²) < 4.78 is 37.2. The lowest BCUT2D eigenvalue weighted by Gasteiger charge is -2.40. The van der Waals surface area contributed by atoms with Crippen LogP contribution in [0.15, 0.2) is 0 Å². The van der Waals surface area contributed by atoms with E-state index in [4.69, 9.17) is 0 Å². The number of hydrogen-bond donors (Lipinski definition) is 2. The number of amides is 2. The molecule has 1 saturated carbocycles. The van der Waals surface area contributed by atoms with Gasteiger partial charge in [0.1, 0.15) is 12.6 Å². The molecule has 1 aliphatic carbocycles. The Morgan fingerprint density at radius 3 is 2.12 bits per heavy atom. The van der Waals surface area contributed by atoms with Crippen molar-refractivity contribution in [2.75, 3.05) is 6.54 Å². The molecule has 0 radical (unpaired) electrons. The number of rotatable bonds is 5. The van der Waals surface area contributed by atoms with Gasteiger partial charge in [-0.2, -0.15) is 13.2 Å². The van der Waals surface area contributed by atoms with E-state index in [1.54, 1.807) is 20.8 Å². The highest BCUT2D eigenvalue weighted by Gasteiger charge is 2.40. The summed E-state index contributed by atoms with van der Waals surface area (Å²) in [5.74, 6) is -0.722. The van der Waals surface area contributed by atoms with Crippen LogP contribution in [0.3, 0.4) is 0 Å². The van der Waals surface area contributed by atoms with E-state index in [9.17, 15) is 27.9 Å². The average molecular weight is 352 g/mol. The van der Waals surface area contributed by atoms with E-state index in [0.29, 0.717) is 0 Å². The van der Waals surface area contributed by atoms with Crippen LogP contribution in [0.1, 0.15) is 59.3 Å². The molecule has 2 N–H and O–H groups in total. The lowest BCUT2D eigenvalue weighted by molar-refractivity contribution is -0.142. The van der Waals surface area contributed by atoms with Crippen LogP contribution in [0, 0.1) is 5.92 Å². The molecule has 5 nitrogen and oxygen atoms in total. The Labute approximate surface area is 140 Å². The molecule has 0 bridgehead atoms. The summed E-state index contributed by atoms with van der Waals surface area (Å²) in [6, 6.07) is -1.12. The minimum atomic E-state index is -4.53. The summed E-state index contributed by atoms with van der Waals surface area (Å²) in [7, 11) is 0.